The second-order valence-electron chi connectivity index (χ2n) is 5.68. The maximum Gasteiger partial charge on any atom is 0.0947 e. The summed E-state index contributed by atoms with van der Waals surface area (Å²) in [6.07, 6.45) is 12.8. The standard InChI is InChI=1S/C15H26N2O/c1-17(11-14-7-10-18-12-14)15(13-16)8-5-3-2-4-6-9-15/h7,10,12H,2-6,8-9,11,13,16H2,1H3. The van der Waals surface area contributed by atoms with Crippen molar-refractivity contribution in [3.05, 3.63) is 24.2 Å². The van der Waals surface area contributed by atoms with Gasteiger partial charge in [-0.2, -0.15) is 0 Å². The van der Waals surface area contributed by atoms with E-state index in [1.54, 1.807) is 6.26 Å². The van der Waals surface area contributed by atoms with E-state index in [2.05, 4.69) is 11.9 Å². The van der Waals surface area contributed by atoms with Crippen LogP contribution < -0.4 is 5.73 Å². The molecule has 1 aliphatic rings. The zero-order valence-electron chi connectivity index (χ0n) is 11.5. The Kier molecular flexibility index (Phi) is 4.84. The molecule has 1 heterocycles. The highest BCUT2D eigenvalue weighted by Gasteiger charge is 2.33. The molecule has 1 aromatic heterocycles. The third kappa shape index (κ3) is 3.15. The quantitative estimate of drug-likeness (QED) is 0.892. The van der Waals surface area contributed by atoms with Gasteiger partial charge in [-0.3, -0.25) is 4.90 Å². The maximum absolute atomic E-state index is 6.12. The van der Waals surface area contributed by atoms with Gasteiger partial charge in [-0.05, 0) is 26.0 Å². The van der Waals surface area contributed by atoms with Gasteiger partial charge in [0.05, 0.1) is 12.5 Å². The van der Waals surface area contributed by atoms with Crippen LogP contribution in [0.3, 0.4) is 0 Å². The van der Waals surface area contributed by atoms with Crippen LogP contribution in [-0.4, -0.2) is 24.0 Å². The highest BCUT2D eigenvalue weighted by molar-refractivity contribution is 5.06. The molecule has 0 spiro atoms. The smallest absolute Gasteiger partial charge is 0.0947 e. The molecule has 0 radical (unpaired) electrons. The normalized spacial score (nSPS) is 20.6. The maximum atomic E-state index is 6.12. The topological polar surface area (TPSA) is 42.4 Å². The van der Waals surface area contributed by atoms with Crippen LogP contribution in [-0.2, 0) is 6.54 Å². The minimum atomic E-state index is 0.192. The molecule has 0 amide bonds. The minimum absolute atomic E-state index is 0.192. The van der Waals surface area contributed by atoms with E-state index in [0.29, 0.717) is 0 Å². The first-order valence-electron chi connectivity index (χ1n) is 7.19. The van der Waals surface area contributed by atoms with Crippen LogP contribution in [0.15, 0.2) is 23.0 Å². The van der Waals surface area contributed by atoms with Crippen LogP contribution in [0.5, 0.6) is 0 Å². The van der Waals surface area contributed by atoms with Gasteiger partial charge >= 0.3 is 0 Å². The van der Waals surface area contributed by atoms with Crippen molar-refractivity contribution in [1.29, 1.82) is 0 Å². The summed E-state index contributed by atoms with van der Waals surface area (Å²) in [4.78, 5) is 2.45. The summed E-state index contributed by atoms with van der Waals surface area (Å²) in [6, 6.07) is 2.05. The van der Waals surface area contributed by atoms with Gasteiger partial charge in [0.1, 0.15) is 0 Å². The predicted octanol–water partition coefficient (Wildman–Crippen LogP) is 3.15. The van der Waals surface area contributed by atoms with E-state index in [1.165, 1.54) is 50.5 Å². The van der Waals surface area contributed by atoms with Crippen molar-refractivity contribution >= 4 is 0 Å². The lowest BCUT2D eigenvalue weighted by atomic mass is 9.82. The number of rotatable bonds is 4. The lowest BCUT2D eigenvalue weighted by molar-refractivity contribution is 0.0864. The number of furan rings is 1. The molecule has 1 aromatic rings. The Labute approximate surface area is 110 Å². The van der Waals surface area contributed by atoms with Crippen molar-refractivity contribution in [2.75, 3.05) is 13.6 Å². The van der Waals surface area contributed by atoms with Gasteiger partial charge in [0, 0.05) is 24.2 Å². The minimum Gasteiger partial charge on any atom is -0.472 e. The third-order valence-electron chi connectivity index (χ3n) is 4.47. The van der Waals surface area contributed by atoms with Gasteiger partial charge in [0.15, 0.2) is 0 Å². The molecule has 1 fully saturated rings. The fourth-order valence-electron chi connectivity index (χ4n) is 3.13. The van der Waals surface area contributed by atoms with Crippen LogP contribution >= 0.6 is 0 Å². The van der Waals surface area contributed by atoms with Crippen LogP contribution in [0.4, 0.5) is 0 Å². The van der Waals surface area contributed by atoms with Crippen molar-refractivity contribution < 1.29 is 4.42 Å². The highest BCUT2D eigenvalue weighted by Crippen LogP contribution is 2.31. The Morgan fingerprint density at radius 1 is 1.22 bits per heavy atom. The van der Waals surface area contributed by atoms with E-state index in [9.17, 15) is 0 Å². The number of likely N-dealkylation sites (N-methyl/N-ethyl adjacent to an activating group) is 1. The molecule has 3 nitrogen and oxygen atoms in total. The van der Waals surface area contributed by atoms with Crippen molar-refractivity contribution in [3.63, 3.8) is 0 Å². The number of hydrogen-bond donors (Lipinski definition) is 1. The van der Waals surface area contributed by atoms with E-state index in [4.69, 9.17) is 10.2 Å². The SMILES string of the molecule is CN(Cc1ccoc1)C1(CN)CCCCCCC1. The first kappa shape index (κ1) is 13.6. The molecule has 0 aliphatic heterocycles. The Morgan fingerprint density at radius 2 is 1.89 bits per heavy atom. The summed E-state index contributed by atoms with van der Waals surface area (Å²) in [5.74, 6) is 0. The van der Waals surface area contributed by atoms with Crippen molar-refractivity contribution in [3.8, 4) is 0 Å². The molecule has 0 saturated heterocycles. The van der Waals surface area contributed by atoms with Gasteiger partial charge in [-0.15, -0.1) is 0 Å². The average molecular weight is 250 g/mol. The summed E-state index contributed by atoms with van der Waals surface area (Å²) in [5.41, 5.74) is 7.56. The van der Waals surface area contributed by atoms with Crippen LogP contribution in [0.2, 0.25) is 0 Å². The summed E-state index contributed by atoms with van der Waals surface area (Å²) in [5, 5.41) is 0. The highest BCUT2D eigenvalue weighted by atomic mass is 16.3. The van der Waals surface area contributed by atoms with Crippen LogP contribution in [0.25, 0.3) is 0 Å². The average Bonchev–Trinajstić information content (AvgIpc) is 2.82. The Hall–Kier alpha value is -0.800. The molecule has 0 atom stereocenters. The third-order valence-corrected chi connectivity index (χ3v) is 4.47. The van der Waals surface area contributed by atoms with Crippen molar-refractivity contribution in [2.24, 2.45) is 5.73 Å². The molecular formula is C15H26N2O. The van der Waals surface area contributed by atoms with Crippen LogP contribution in [0, 0.1) is 0 Å². The summed E-state index contributed by atoms with van der Waals surface area (Å²) in [7, 11) is 2.21. The summed E-state index contributed by atoms with van der Waals surface area (Å²) in [6.45, 7) is 1.70. The fourth-order valence-corrected chi connectivity index (χ4v) is 3.13. The van der Waals surface area contributed by atoms with Gasteiger partial charge in [-0.1, -0.05) is 32.1 Å². The molecule has 0 aromatic carbocycles. The van der Waals surface area contributed by atoms with E-state index < -0.39 is 0 Å². The number of nitrogens with two attached hydrogens (primary N) is 1. The van der Waals surface area contributed by atoms with E-state index in [0.717, 1.165) is 13.1 Å². The lowest BCUT2D eigenvalue weighted by Crippen LogP contribution is -2.52. The molecule has 0 bridgehead atoms. The van der Waals surface area contributed by atoms with Crippen LogP contribution in [0.1, 0.15) is 50.5 Å². The van der Waals surface area contributed by atoms with E-state index in [-0.39, 0.29) is 5.54 Å². The molecule has 1 saturated carbocycles. The largest absolute Gasteiger partial charge is 0.472 e. The zero-order chi connectivity index (χ0) is 12.8. The number of nitrogens with zero attached hydrogens (tertiary/aromatic N) is 1. The fraction of sp³-hybridized carbons (Fsp3) is 0.733. The second kappa shape index (κ2) is 6.39. The molecule has 3 heteroatoms. The molecule has 18 heavy (non-hydrogen) atoms. The first-order chi connectivity index (χ1) is 8.77. The lowest BCUT2D eigenvalue weighted by Gasteiger charge is -2.42. The molecular weight excluding hydrogens is 224 g/mol. The van der Waals surface area contributed by atoms with Crippen molar-refractivity contribution in [2.45, 2.75) is 57.0 Å². The Bertz CT molecular complexity index is 326. The Morgan fingerprint density at radius 3 is 2.44 bits per heavy atom. The van der Waals surface area contributed by atoms with Gasteiger partial charge < -0.3 is 10.2 Å². The Balaban J connectivity index is 2.03. The molecule has 2 rings (SSSR count). The zero-order valence-corrected chi connectivity index (χ0v) is 11.5. The van der Waals surface area contributed by atoms with E-state index >= 15 is 0 Å². The molecule has 0 unspecified atom stereocenters. The monoisotopic (exact) mass is 250 g/mol. The molecule has 1 aliphatic carbocycles. The molecule has 102 valence electrons. The summed E-state index contributed by atoms with van der Waals surface area (Å²) < 4.78 is 5.16. The molecule has 2 N–H and O–H groups in total. The summed E-state index contributed by atoms with van der Waals surface area (Å²) >= 11 is 0. The number of hydrogen-bond acceptors (Lipinski definition) is 3. The first-order valence-corrected chi connectivity index (χ1v) is 7.19. The van der Waals surface area contributed by atoms with Crippen molar-refractivity contribution in [1.82, 2.24) is 4.90 Å². The van der Waals surface area contributed by atoms with Gasteiger partial charge in [0.25, 0.3) is 0 Å². The van der Waals surface area contributed by atoms with E-state index in [1.807, 2.05) is 12.3 Å². The second-order valence-corrected chi connectivity index (χ2v) is 5.68. The van der Waals surface area contributed by atoms with Gasteiger partial charge in [-0.25, -0.2) is 0 Å². The predicted molar refractivity (Wildman–Crippen MR) is 74.3 cm³/mol. The van der Waals surface area contributed by atoms with Gasteiger partial charge in [0.2, 0.25) is 0 Å².